The molecule has 1 spiro atoms. The van der Waals surface area contributed by atoms with Gasteiger partial charge in [-0.3, -0.25) is 4.79 Å². The molecule has 8 heteroatoms. The number of piperidine rings is 1. The maximum Gasteiger partial charge on any atom is 0.232 e. The molecule has 152 valence electrons. The number of rotatable bonds is 2. The van der Waals surface area contributed by atoms with E-state index in [2.05, 4.69) is 10.3 Å². The molecule has 0 aliphatic carbocycles. The lowest BCUT2D eigenvalue weighted by molar-refractivity contribution is -0.151. The monoisotopic (exact) mass is 387 g/mol. The number of aromatic nitrogens is 2. The van der Waals surface area contributed by atoms with Crippen molar-refractivity contribution in [3.8, 4) is 0 Å². The van der Waals surface area contributed by atoms with E-state index in [1.54, 1.807) is 0 Å². The van der Waals surface area contributed by atoms with Crippen molar-refractivity contribution in [2.75, 3.05) is 65.0 Å². The molecule has 1 aromatic rings. The number of hydrogen-bond acceptors (Lipinski definition) is 7. The summed E-state index contributed by atoms with van der Waals surface area (Å²) in [5.41, 5.74) is 1.44. The van der Waals surface area contributed by atoms with Crippen molar-refractivity contribution in [2.24, 2.45) is 11.3 Å². The summed E-state index contributed by atoms with van der Waals surface area (Å²) in [5.74, 6) is 1.27. The second-order valence-electron chi connectivity index (χ2n) is 8.82. The first kappa shape index (κ1) is 18.3. The normalized spacial score (nSPS) is 30.9. The summed E-state index contributed by atoms with van der Waals surface area (Å²) in [7, 11) is 3.91. The van der Waals surface area contributed by atoms with Gasteiger partial charge < -0.3 is 24.6 Å². The molecule has 0 saturated carbocycles. The summed E-state index contributed by atoms with van der Waals surface area (Å²) in [5, 5.41) is 3.40. The van der Waals surface area contributed by atoms with Gasteiger partial charge in [0.1, 0.15) is 5.60 Å². The van der Waals surface area contributed by atoms with Gasteiger partial charge >= 0.3 is 0 Å². The minimum absolute atomic E-state index is 0.252. The van der Waals surface area contributed by atoms with E-state index >= 15 is 0 Å². The highest BCUT2D eigenvalue weighted by molar-refractivity contribution is 5.84. The third kappa shape index (κ3) is 2.65. The number of nitrogens with zero attached hydrogens (tertiary/aromatic N) is 4. The summed E-state index contributed by atoms with van der Waals surface area (Å²) in [4.78, 5) is 26.7. The highest BCUT2D eigenvalue weighted by Crippen LogP contribution is 2.44. The van der Waals surface area contributed by atoms with Crippen LogP contribution in [-0.4, -0.2) is 80.9 Å². The molecule has 4 aliphatic rings. The zero-order valence-electron chi connectivity index (χ0n) is 16.7. The molecule has 3 fully saturated rings. The Morgan fingerprint density at radius 3 is 2.96 bits per heavy atom. The summed E-state index contributed by atoms with van der Waals surface area (Å²) >= 11 is 0. The van der Waals surface area contributed by atoms with Gasteiger partial charge in [0.05, 0.1) is 30.9 Å². The lowest BCUT2D eigenvalue weighted by Crippen LogP contribution is -2.54. The Kier molecular flexibility index (Phi) is 4.33. The van der Waals surface area contributed by atoms with Gasteiger partial charge in [-0.05, 0) is 24.8 Å². The lowest BCUT2D eigenvalue weighted by Gasteiger charge is -2.45. The molecule has 0 radical (unpaired) electrons. The Morgan fingerprint density at radius 2 is 2.18 bits per heavy atom. The van der Waals surface area contributed by atoms with Crippen molar-refractivity contribution in [2.45, 2.75) is 24.9 Å². The molecule has 1 N–H and O–H groups in total. The average Bonchev–Trinajstić information content (AvgIpc) is 3.29. The van der Waals surface area contributed by atoms with Gasteiger partial charge in [0.15, 0.2) is 0 Å². The van der Waals surface area contributed by atoms with Crippen molar-refractivity contribution in [1.29, 1.82) is 0 Å². The third-order valence-corrected chi connectivity index (χ3v) is 7.01. The molecule has 2 atom stereocenters. The molecule has 0 aromatic carbocycles. The highest BCUT2D eigenvalue weighted by atomic mass is 16.5. The zero-order valence-corrected chi connectivity index (χ0v) is 16.7. The van der Waals surface area contributed by atoms with Crippen LogP contribution in [0.2, 0.25) is 0 Å². The van der Waals surface area contributed by atoms with Crippen LogP contribution in [0.3, 0.4) is 0 Å². The van der Waals surface area contributed by atoms with Gasteiger partial charge in [-0.1, -0.05) is 0 Å². The van der Waals surface area contributed by atoms with Crippen LogP contribution in [0.25, 0.3) is 0 Å². The van der Waals surface area contributed by atoms with Crippen LogP contribution >= 0.6 is 0 Å². The molecular formula is C20H29N5O3. The average molecular weight is 387 g/mol. The second kappa shape index (κ2) is 6.64. The summed E-state index contributed by atoms with van der Waals surface area (Å²) in [6.45, 7) is 4.94. The zero-order chi connectivity index (χ0) is 19.4. The molecule has 8 nitrogen and oxygen atoms in total. The number of anilines is 1. The number of ether oxygens (including phenoxy) is 2. The number of carbonyl (C=O) groups excluding carboxylic acids is 1. The molecule has 5 rings (SSSR count). The fourth-order valence-electron chi connectivity index (χ4n) is 5.27. The highest BCUT2D eigenvalue weighted by Gasteiger charge is 2.55. The number of amides is 1. The van der Waals surface area contributed by atoms with E-state index in [4.69, 9.17) is 14.5 Å². The van der Waals surface area contributed by atoms with E-state index in [-0.39, 0.29) is 11.3 Å². The van der Waals surface area contributed by atoms with E-state index in [0.29, 0.717) is 44.8 Å². The smallest absolute Gasteiger partial charge is 0.232 e. The van der Waals surface area contributed by atoms with Crippen molar-refractivity contribution in [3.63, 3.8) is 0 Å². The lowest BCUT2D eigenvalue weighted by atomic mass is 9.78. The first-order chi connectivity index (χ1) is 13.5. The Balaban J connectivity index is 1.36. The fourth-order valence-corrected chi connectivity index (χ4v) is 5.27. The van der Waals surface area contributed by atoms with Gasteiger partial charge in [0.25, 0.3) is 0 Å². The van der Waals surface area contributed by atoms with Crippen LogP contribution in [-0.2, 0) is 26.3 Å². The fraction of sp³-hybridized carbons (Fsp3) is 0.750. The summed E-state index contributed by atoms with van der Waals surface area (Å²) in [6.07, 6.45) is 4.36. The van der Waals surface area contributed by atoms with Gasteiger partial charge in [-0.25, -0.2) is 9.97 Å². The van der Waals surface area contributed by atoms with Gasteiger partial charge in [0.2, 0.25) is 11.9 Å². The van der Waals surface area contributed by atoms with Crippen molar-refractivity contribution < 1.29 is 14.3 Å². The molecule has 1 aromatic heterocycles. The topological polar surface area (TPSA) is 79.8 Å². The molecule has 0 unspecified atom stereocenters. The van der Waals surface area contributed by atoms with Crippen LogP contribution in [0, 0.1) is 11.3 Å². The van der Waals surface area contributed by atoms with Crippen LogP contribution in [0.15, 0.2) is 6.20 Å². The molecule has 0 bridgehead atoms. The van der Waals surface area contributed by atoms with Crippen LogP contribution in [0.4, 0.5) is 5.95 Å². The molecule has 28 heavy (non-hydrogen) atoms. The predicted molar refractivity (Wildman–Crippen MR) is 103 cm³/mol. The Labute approximate surface area is 165 Å². The van der Waals surface area contributed by atoms with Crippen molar-refractivity contribution >= 4 is 11.9 Å². The quantitative estimate of drug-likeness (QED) is 0.775. The Bertz CT molecular complexity index is 765. The molecule has 3 saturated heterocycles. The first-order valence-electron chi connectivity index (χ1n) is 10.3. The van der Waals surface area contributed by atoms with Crippen LogP contribution in [0.1, 0.15) is 24.1 Å². The van der Waals surface area contributed by atoms with Crippen molar-refractivity contribution in [1.82, 2.24) is 20.2 Å². The maximum absolute atomic E-state index is 13.4. The van der Waals surface area contributed by atoms with E-state index in [1.807, 2.05) is 30.1 Å². The first-order valence-corrected chi connectivity index (χ1v) is 10.3. The number of nitrogens with one attached hydrogen (secondary N) is 1. The minimum atomic E-state index is -0.394. The van der Waals surface area contributed by atoms with E-state index in [9.17, 15) is 4.79 Å². The largest absolute Gasteiger partial charge is 0.380 e. The Hall–Kier alpha value is -1.77. The molecular weight excluding hydrogens is 358 g/mol. The van der Waals surface area contributed by atoms with Gasteiger partial charge in [-0.2, -0.15) is 0 Å². The predicted octanol–water partition coefficient (Wildman–Crippen LogP) is 0.169. The summed E-state index contributed by atoms with van der Waals surface area (Å²) in [6, 6.07) is 0. The maximum atomic E-state index is 13.4. The molecule has 1 amide bonds. The van der Waals surface area contributed by atoms with Crippen molar-refractivity contribution in [3.05, 3.63) is 17.5 Å². The minimum Gasteiger partial charge on any atom is -0.380 e. The van der Waals surface area contributed by atoms with Gasteiger partial charge in [-0.15, -0.1) is 0 Å². The third-order valence-electron chi connectivity index (χ3n) is 7.01. The SMILES string of the molecule is CN(C)c1ncc2c(n1)C1(CCN(C(=O)[C@]34CNC[C@H]3COC4)CC1)OCC2. The van der Waals surface area contributed by atoms with E-state index < -0.39 is 5.60 Å². The molecule has 5 heterocycles. The number of carbonyl (C=O) groups is 1. The van der Waals surface area contributed by atoms with E-state index in [1.165, 1.54) is 5.56 Å². The van der Waals surface area contributed by atoms with Crippen LogP contribution < -0.4 is 10.2 Å². The number of likely N-dealkylation sites (tertiary alicyclic amines) is 1. The molecule has 4 aliphatic heterocycles. The second-order valence-corrected chi connectivity index (χ2v) is 8.82. The number of hydrogen-bond donors (Lipinski definition) is 1. The van der Waals surface area contributed by atoms with E-state index in [0.717, 1.165) is 38.0 Å². The summed E-state index contributed by atoms with van der Waals surface area (Å²) < 4.78 is 12.0. The standard InChI is InChI=1S/C20H29N5O3/c1-24(2)18-22-9-14-3-8-28-20(16(14)23-18)4-6-25(7-5-20)17(26)19-12-21-10-15(19)11-27-13-19/h9,15,21H,3-8,10-13H2,1-2H3/t15-,19-/m0/s1. The number of fused-ring (bicyclic) bond motifs is 3. The Morgan fingerprint density at radius 1 is 1.36 bits per heavy atom. The van der Waals surface area contributed by atoms with Gasteiger partial charge in [0, 0.05) is 52.4 Å². The van der Waals surface area contributed by atoms with Crippen LogP contribution in [0.5, 0.6) is 0 Å².